The van der Waals surface area contributed by atoms with Gasteiger partial charge in [0, 0.05) is 68.5 Å². The second-order valence-electron chi connectivity index (χ2n) is 9.62. The van der Waals surface area contributed by atoms with Gasteiger partial charge >= 0.3 is 0 Å². The van der Waals surface area contributed by atoms with Crippen LogP contribution in [0.15, 0.2) is 71.6 Å². The number of benzene rings is 3. The van der Waals surface area contributed by atoms with Crippen LogP contribution in [0.25, 0.3) is 21.9 Å². The number of aryl methyl sites for hydroxylation is 1. The third-order valence-electron chi connectivity index (χ3n) is 7.03. The molecular formula is C29H28BrN8O2P. The zero-order valence-corrected chi connectivity index (χ0v) is 25.0. The zero-order chi connectivity index (χ0) is 28.3. The Morgan fingerprint density at radius 2 is 1.88 bits per heavy atom. The largest absolute Gasteiger partial charge is 0.494 e. The molecule has 41 heavy (non-hydrogen) atoms. The lowest BCUT2D eigenvalue weighted by Crippen LogP contribution is -2.43. The highest BCUT2D eigenvalue weighted by atomic mass is 79.9. The van der Waals surface area contributed by atoms with Gasteiger partial charge in [0.2, 0.25) is 5.95 Å². The van der Waals surface area contributed by atoms with Crippen molar-refractivity contribution in [2.75, 3.05) is 48.8 Å². The van der Waals surface area contributed by atoms with Crippen molar-refractivity contribution in [3.63, 3.8) is 0 Å². The number of ether oxygens (including phenoxy) is 1. The number of rotatable bonds is 8. The molecule has 5 aromatic rings. The van der Waals surface area contributed by atoms with Gasteiger partial charge in [-0.05, 0) is 38.8 Å². The van der Waals surface area contributed by atoms with Crippen molar-refractivity contribution in [2.24, 2.45) is 7.05 Å². The Kier molecular flexibility index (Phi) is 7.82. The van der Waals surface area contributed by atoms with Gasteiger partial charge in [-0.2, -0.15) is 10.1 Å². The number of anilines is 5. The van der Waals surface area contributed by atoms with Gasteiger partial charge in [-0.25, -0.2) is 4.98 Å². The predicted molar refractivity (Wildman–Crippen MR) is 168 cm³/mol. The van der Waals surface area contributed by atoms with Gasteiger partial charge in [0.25, 0.3) is 0 Å². The number of piperazine rings is 1. The molecular weight excluding hydrogens is 603 g/mol. The van der Waals surface area contributed by atoms with Crippen LogP contribution < -0.4 is 30.9 Å². The molecule has 1 aliphatic rings. The van der Waals surface area contributed by atoms with Crippen molar-refractivity contribution in [3.05, 3.63) is 71.6 Å². The molecule has 3 N–H and O–H groups in total. The molecule has 1 fully saturated rings. The summed E-state index contributed by atoms with van der Waals surface area (Å²) in [4.78, 5) is 11.6. The molecule has 0 saturated carbocycles. The molecule has 0 unspecified atom stereocenters. The Balaban J connectivity index is 1.36. The molecule has 0 spiro atoms. The summed E-state index contributed by atoms with van der Waals surface area (Å²) in [5, 5.41) is 17.1. The first kappa shape index (κ1) is 27.1. The fourth-order valence-corrected chi connectivity index (χ4v) is 5.83. The van der Waals surface area contributed by atoms with Gasteiger partial charge < -0.3 is 25.6 Å². The number of fused-ring (bicyclic) bond motifs is 1. The molecule has 0 bridgehead atoms. The summed E-state index contributed by atoms with van der Waals surface area (Å²) in [6.45, 7) is 3.63. The lowest BCUT2D eigenvalue weighted by atomic mass is 10.0. The molecule has 3 aromatic carbocycles. The van der Waals surface area contributed by atoms with Gasteiger partial charge in [-0.1, -0.05) is 30.3 Å². The SMILES string of the molecule is COc1cc(N2CCNCC2)c(-c2cnn(C)c2)cc1Nc1ncc(Br)c(Nc2ccc3ccccc3c2P=O)n1. The van der Waals surface area contributed by atoms with E-state index in [-0.39, 0.29) is 8.46 Å². The first-order valence-corrected chi connectivity index (χ1v) is 14.7. The molecule has 6 rings (SSSR count). The molecule has 2 aromatic heterocycles. The average molecular weight is 631 g/mol. The van der Waals surface area contributed by atoms with E-state index < -0.39 is 0 Å². The molecule has 0 radical (unpaired) electrons. The van der Waals surface area contributed by atoms with Gasteiger partial charge in [-0.15, -0.1) is 0 Å². The van der Waals surface area contributed by atoms with Crippen molar-refractivity contribution < 1.29 is 9.30 Å². The van der Waals surface area contributed by atoms with Crippen LogP contribution in [0.1, 0.15) is 0 Å². The van der Waals surface area contributed by atoms with Crippen LogP contribution in [-0.2, 0) is 11.6 Å². The van der Waals surface area contributed by atoms with Gasteiger partial charge in [0.1, 0.15) is 11.6 Å². The number of hydrogen-bond acceptors (Lipinski definition) is 9. The summed E-state index contributed by atoms with van der Waals surface area (Å²) < 4.78 is 20.5. The maximum Gasteiger partial charge on any atom is 0.229 e. The second-order valence-corrected chi connectivity index (χ2v) is 11.1. The van der Waals surface area contributed by atoms with Crippen LogP contribution in [0.2, 0.25) is 0 Å². The number of aromatic nitrogens is 4. The van der Waals surface area contributed by atoms with E-state index in [1.807, 2.05) is 55.8 Å². The second kappa shape index (κ2) is 11.8. The summed E-state index contributed by atoms with van der Waals surface area (Å²) in [5.74, 6) is 1.59. The monoisotopic (exact) mass is 630 g/mol. The topological polar surface area (TPSA) is 109 Å². The molecule has 0 atom stereocenters. The first-order chi connectivity index (χ1) is 20.0. The van der Waals surface area contributed by atoms with E-state index in [1.165, 1.54) is 0 Å². The van der Waals surface area contributed by atoms with E-state index in [1.54, 1.807) is 18.0 Å². The molecule has 208 valence electrons. The van der Waals surface area contributed by atoms with Crippen molar-refractivity contribution in [1.29, 1.82) is 0 Å². The van der Waals surface area contributed by atoms with E-state index >= 15 is 0 Å². The van der Waals surface area contributed by atoms with Crippen LogP contribution in [0.5, 0.6) is 5.75 Å². The van der Waals surface area contributed by atoms with Crippen molar-refractivity contribution in [2.45, 2.75) is 0 Å². The third-order valence-corrected chi connectivity index (χ3v) is 8.27. The van der Waals surface area contributed by atoms with E-state index in [0.717, 1.165) is 59.5 Å². The molecule has 1 aliphatic heterocycles. The lowest BCUT2D eigenvalue weighted by Gasteiger charge is -2.31. The zero-order valence-electron chi connectivity index (χ0n) is 22.6. The molecule has 10 nitrogen and oxygen atoms in total. The Bertz CT molecular complexity index is 1740. The van der Waals surface area contributed by atoms with E-state index in [9.17, 15) is 4.57 Å². The Morgan fingerprint density at radius 3 is 2.63 bits per heavy atom. The van der Waals surface area contributed by atoms with Crippen molar-refractivity contribution >= 4 is 69.3 Å². The Labute approximate surface area is 247 Å². The third kappa shape index (κ3) is 5.61. The fourth-order valence-electron chi connectivity index (χ4n) is 5.01. The highest BCUT2D eigenvalue weighted by Gasteiger charge is 2.21. The average Bonchev–Trinajstić information content (AvgIpc) is 3.45. The van der Waals surface area contributed by atoms with Crippen LogP contribution in [0.4, 0.5) is 28.8 Å². The lowest BCUT2D eigenvalue weighted by molar-refractivity contribution is 0.416. The first-order valence-electron chi connectivity index (χ1n) is 13.1. The summed E-state index contributed by atoms with van der Waals surface area (Å²) in [5.41, 5.74) is 4.55. The molecule has 0 aliphatic carbocycles. The normalized spacial score (nSPS) is 13.5. The highest BCUT2D eigenvalue weighted by Crippen LogP contribution is 2.40. The van der Waals surface area contributed by atoms with E-state index in [4.69, 9.17) is 9.72 Å². The van der Waals surface area contributed by atoms with Gasteiger partial charge in [0.05, 0.1) is 34.5 Å². The number of hydrogen-bond donors (Lipinski definition) is 3. The molecule has 12 heteroatoms. The van der Waals surface area contributed by atoms with Gasteiger partial charge in [-0.3, -0.25) is 9.25 Å². The van der Waals surface area contributed by atoms with Gasteiger partial charge in [0.15, 0.2) is 8.46 Å². The quantitative estimate of drug-likeness (QED) is 0.188. The summed E-state index contributed by atoms with van der Waals surface area (Å²) in [6, 6.07) is 15.9. The number of nitrogens with zero attached hydrogens (tertiary/aromatic N) is 5. The Morgan fingerprint density at radius 1 is 1.05 bits per heavy atom. The van der Waals surface area contributed by atoms with Crippen molar-refractivity contribution in [3.8, 4) is 16.9 Å². The van der Waals surface area contributed by atoms with Crippen LogP contribution in [0.3, 0.4) is 0 Å². The number of nitrogens with one attached hydrogen (secondary N) is 3. The van der Waals surface area contributed by atoms with Crippen LogP contribution >= 0.6 is 24.4 Å². The molecule has 0 amide bonds. The minimum Gasteiger partial charge on any atom is -0.494 e. The van der Waals surface area contributed by atoms with Crippen LogP contribution in [0, 0.1) is 0 Å². The summed E-state index contributed by atoms with van der Waals surface area (Å²) in [6.07, 6.45) is 5.55. The Hall–Kier alpha value is -4.05. The fraction of sp³-hybridized carbons (Fsp3) is 0.207. The maximum absolute atomic E-state index is 12.2. The number of halogens is 1. The number of methoxy groups -OCH3 is 1. The smallest absolute Gasteiger partial charge is 0.229 e. The maximum atomic E-state index is 12.2. The highest BCUT2D eigenvalue weighted by molar-refractivity contribution is 9.10. The molecule has 3 heterocycles. The standard InChI is InChI=1S/C29H28BrN8O2P/c1-37-17-19(15-33-37)21-13-24(26(40-2)14-25(21)38-11-9-31-10-12-38)35-29-32-16-22(30)28(36-29)34-23-8-7-18-5-3-4-6-20(18)27(23)41-39/h3-8,13-17,31H,9-12H2,1-2H3,(H2,32,34,35,36). The molecule has 1 saturated heterocycles. The summed E-state index contributed by atoms with van der Waals surface area (Å²) in [7, 11) is 3.48. The predicted octanol–water partition coefficient (Wildman–Crippen LogP) is 5.62. The van der Waals surface area contributed by atoms with E-state index in [2.05, 4.69) is 59.0 Å². The van der Waals surface area contributed by atoms with Crippen molar-refractivity contribution in [1.82, 2.24) is 25.1 Å². The minimum atomic E-state index is -0.0846. The van der Waals surface area contributed by atoms with Crippen LogP contribution in [-0.4, -0.2) is 53.0 Å². The summed E-state index contributed by atoms with van der Waals surface area (Å²) >= 11 is 3.56. The van der Waals surface area contributed by atoms with E-state index in [0.29, 0.717) is 33.0 Å². The minimum absolute atomic E-state index is 0.0846.